The Labute approximate surface area is 149 Å². The molecule has 1 saturated heterocycles. The lowest BCUT2D eigenvalue weighted by Crippen LogP contribution is -2.42. The molecule has 1 fully saturated rings. The lowest BCUT2D eigenvalue weighted by Gasteiger charge is -2.33. The molecule has 7 heteroatoms. The first-order valence-electron chi connectivity index (χ1n) is 8.80. The lowest BCUT2D eigenvalue weighted by molar-refractivity contribution is 0.0186. The molecule has 1 aromatic heterocycles. The van der Waals surface area contributed by atoms with Gasteiger partial charge in [-0.05, 0) is 25.3 Å². The number of hydrogen-bond donors (Lipinski definition) is 2. The predicted molar refractivity (Wildman–Crippen MR) is 99.9 cm³/mol. The third kappa shape index (κ3) is 6.39. The minimum absolute atomic E-state index is 0.316. The summed E-state index contributed by atoms with van der Waals surface area (Å²) in [5, 5.41) is 8.78. The second kappa shape index (κ2) is 11.4. The minimum atomic E-state index is 0.316. The Balaban J connectivity index is 1.97. The van der Waals surface area contributed by atoms with E-state index in [0.717, 1.165) is 58.5 Å². The summed E-state index contributed by atoms with van der Waals surface area (Å²) in [7, 11) is 0. The van der Waals surface area contributed by atoms with Crippen LogP contribution < -0.4 is 10.6 Å². The fourth-order valence-corrected chi connectivity index (χ4v) is 3.51. The fraction of sp³-hybridized carbons (Fsp3) is 0.706. The molecular formula is C17H30N4O2S. The molecule has 0 spiro atoms. The van der Waals surface area contributed by atoms with Gasteiger partial charge in [0.1, 0.15) is 0 Å². The predicted octanol–water partition coefficient (Wildman–Crippen LogP) is 1.71. The lowest BCUT2D eigenvalue weighted by atomic mass is 10.2. The van der Waals surface area contributed by atoms with Gasteiger partial charge in [0, 0.05) is 37.7 Å². The van der Waals surface area contributed by atoms with Gasteiger partial charge in [0.15, 0.2) is 5.96 Å². The number of ether oxygens (including phenoxy) is 2. The first-order valence-corrected chi connectivity index (χ1v) is 9.68. The second-order valence-electron chi connectivity index (χ2n) is 5.52. The Hall–Kier alpha value is -1.15. The van der Waals surface area contributed by atoms with Gasteiger partial charge in [0.05, 0.1) is 32.4 Å². The molecule has 0 aliphatic carbocycles. The molecule has 2 rings (SSSR count). The van der Waals surface area contributed by atoms with Crippen LogP contribution in [0.15, 0.2) is 22.5 Å². The molecular weight excluding hydrogens is 324 g/mol. The summed E-state index contributed by atoms with van der Waals surface area (Å²) in [6.45, 7) is 11.4. The van der Waals surface area contributed by atoms with Crippen molar-refractivity contribution in [1.82, 2.24) is 15.5 Å². The highest BCUT2D eigenvalue weighted by Crippen LogP contribution is 2.26. The fourth-order valence-electron chi connectivity index (χ4n) is 2.66. The van der Waals surface area contributed by atoms with Crippen molar-refractivity contribution in [2.24, 2.45) is 4.99 Å². The van der Waals surface area contributed by atoms with Gasteiger partial charge in [-0.15, -0.1) is 11.3 Å². The van der Waals surface area contributed by atoms with Gasteiger partial charge < -0.3 is 20.1 Å². The first kappa shape index (κ1) is 19.2. The van der Waals surface area contributed by atoms with Crippen LogP contribution in [0.3, 0.4) is 0 Å². The van der Waals surface area contributed by atoms with Gasteiger partial charge in [-0.1, -0.05) is 6.07 Å². The number of guanidine groups is 1. The normalized spacial score (nSPS) is 17.7. The molecule has 1 aliphatic heterocycles. The van der Waals surface area contributed by atoms with Crippen LogP contribution in [0.4, 0.5) is 0 Å². The Morgan fingerprint density at radius 3 is 2.88 bits per heavy atom. The van der Waals surface area contributed by atoms with Gasteiger partial charge >= 0.3 is 0 Å². The maximum Gasteiger partial charge on any atom is 0.191 e. The Morgan fingerprint density at radius 1 is 1.38 bits per heavy atom. The quantitative estimate of drug-likeness (QED) is 0.402. The van der Waals surface area contributed by atoms with Gasteiger partial charge in [-0.3, -0.25) is 9.89 Å². The smallest absolute Gasteiger partial charge is 0.191 e. The SMILES string of the molecule is CCNC(=NCC(c1cccs1)N1CCOCC1)NCCOCC. The summed E-state index contributed by atoms with van der Waals surface area (Å²) in [5.41, 5.74) is 0. The summed E-state index contributed by atoms with van der Waals surface area (Å²) < 4.78 is 10.9. The summed E-state index contributed by atoms with van der Waals surface area (Å²) in [4.78, 5) is 8.65. The highest BCUT2D eigenvalue weighted by Gasteiger charge is 2.23. The third-order valence-corrected chi connectivity index (χ3v) is 4.84. The Bertz CT molecular complexity index is 461. The van der Waals surface area contributed by atoms with Crippen molar-refractivity contribution in [3.63, 3.8) is 0 Å². The van der Waals surface area contributed by atoms with E-state index in [1.807, 2.05) is 6.92 Å². The molecule has 0 saturated carbocycles. The van der Waals surface area contributed by atoms with Crippen LogP contribution >= 0.6 is 11.3 Å². The number of aliphatic imine (C=N–C) groups is 1. The molecule has 2 heterocycles. The van der Waals surface area contributed by atoms with E-state index >= 15 is 0 Å². The third-order valence-electron chi connectivity index (χ3n) is 3.87. The van der Waals surface area contributed by atoms with Crippen molar-refractivity contribution in [2.45, 2.75) is 19.9 Å². The van der Waals surface area contributed by atoms with Gasteiger partial charge in [-0.25, -0.2) is 0 Å². The van der Waals surface area contributed by atoms with Crippen molar-refractivity contribution in [1.29, 1.82) is 0 Å². The average molecular weight is 355 g/mol. The van der Waals surface area contributed by atoms with Crippen molar-refractivity contribution < 1.29 is 9.47 Å². The summed E-state index contributed by atoms with van der Waals surface area (Å²) in [6, 6.07) is 4.63. The Kier molecular flexibility index (Phi) is 9.12. The van der Waals surface area contributed by atoms with Crippen LogP contribution in [0.2, 0.25) is 0 Å². The van der Waals surface area contributed by atoms with E-state index < -0.39 is 0 Å². The number of morpholine rings is 1. The van der Waals surface area contributed by atoms with Crippen LogP contribution in [-0.2, 0) is 9.47 Å². The molecule has 136 valence electrons. The first-order chi connectivity index (χ1) is 11.8. The summed E-state index contributed by atoms with van der Waals surface area (Å²) in [6.07, 6.45) is 0. The zero-order valence-electron chi connectivity index (χ0n) is 14.8. The maximum absolute atomic E-state index is 5.49. The van der Waals surface area contributed by atoms with E-state index in [1.54, 1.807) is 11.3 Å². The van der Waals surface area contributed by atoms with Crippen LogP contribution in [0.5, 0.6) is 0 Å². The van der Waals surface area contributed by atoms with Crippen molar-refractivity contribution in [2.75, 3.05) is 59.2 Å². The number of thiophene rings is 1. The molecule has 0 amide bonds. The average Bonchev–Trinajstić information content (AvgIpc) is 3.14. The van der Waals surface area contributed by atoms with E-state index in [-0.39, 0.29) is 0 Å². The van der Waals surface area contributed by atoms with Gasteiger partial charge in [-0.2, -0.15) is 0 Å². The monoisotopic (exact) mass is 354 g/mol. The van der Waals surface area contributed by atoms with Crippen molar-refractivity contribution >= 4 is 17.3 Å². The molecule has 6 nitrogen and oxygen atoms in total. The molecule has 0 radical (unpaired) electrons. The van der Waals surface area contributed by atoms with Crippen LogP contribution in [0.25, 0.3) is 0 Å². The van der Waals surface area contributed by atoms with Crippen molar-refractivity contribution in [3.8, 4) is 0 Å². The molecule has 0 bridgehead atoms. The van der Waals surface area contributed by atoms with E-state index in [9.17, 15) is 0 Å². The number of nitrogens with zero attached hydrogens (tertiary/aromatic N) is 2. The molecule has 1 unspecified atom stereocenters. The number of rotatable bonds is 9. The standard InChI is InChI=1S/C17H30N4O2S/c1-3-18-17(19-7-10-22-4-2)20-14-15(16-6-5-13-24-16)21-8-11-23-12-9-21/h5-6,13,15H,3-4,7-12,14H2,1-2H3,(H2,18,19,20). The highest BCUT2D eigenvalue weighted by atomic mass is 32.1. The van der Waals surface area contributed by atoms with E-state index in [1.165, 1.54) is 4.88 Å². The number of hydrogen-bond acceptors (Lipinski definition) is 5. The van der Waals surface area contributed by atoms with Gasteiger partial charge in [0.2, 0.25) is 0 Å². The molecule has 1 aliphatic rings. The molecule has 1 atom stereocenters. The minimum Gasteiger partial charge on any atom is -0.380 e. The van der Waals surface area contributed by atoms with E-state index in [2.05, 4.69) is 40.0 Å². The van der Waals surface area contributed by atoms with Crippen LogP contribution in [-0.4, -0.2) is 70.0 Å². The zero-order chi connectivity index (χ0) is 17.0. The molecule has 24 heavy (non-hydrogen) atoms. The van der Waals surface area contributed by atoms with Crippen LogP contribution in [0.1, 0.15) is 24.8 Å². The second-order valence-corrected chi connectivity index (χ2v) is 6.50. The zero-order valence-corrected chi connectivity index (χ0v) is 15.6. The van der Waals surface area contributed by atoms with E-state index in [4.69, 9.17) is 14.5 Å². The highest BCUT2D eigenvalue weighted by molar-refractivity contribution is 7.10. The van der Waals surface area contributed by atoms with E-state index in [0.29, 0.717) is 12.6 Å². The maximum atomic E-state index is 5.49. The molecule has 0 aromatic carbocycles. The largest absolute Gasteiger partial charge is 0.380 e. The molecule has 2 N–H and O–H groups in total. The van der Waals surface area contributed by atoms with Gasteiger partial charge in [0.25, 0.3) is 0 Å². The topological polar surface area (TPSA) is 58.1 Å². The summed E-state index contributed by atoms with van der Waals surface area (Å²) in [5.74, 6) is 0.854. The Morgan fingerprint density at radius 2 is 2.21 bits per heavy atom. The summed E-state index contributed by atoms with van der Waals surface area (Å²) >= 11 is 1.80. The van der Waals surface area contributed by atoms with Crippen LogP contribution in [0, 0.1) is 0 Å². The van der Waals surface area contributed by atoms with Crippen molar-refractivity contribution in [3.05, 3.63) is 22.4 Å². The number of nitrogens with one attached hydrogen (secondary N) is 2. The molecule has 1 aromatic rings.